The fraction of sp³-hybridized carbons (Fsp3) is 0.167. The van der Waals surface area contributed by atoms with E-state index < -0.39 is 28.9 Å². The average Bonchev–Trinajstić information content (AvgIpc) is 3.15. The maximum absolute atomic E-state index is 13.6. The van der Waals surface area contributed by atoms with E-state index >= 15 is 0 Å². The molecule has 0 aliphatic rings. The predicted octanol–water partition coefficient (Wildman–Crippen LogP) is 4.75. The van der Waals surface area contributed by atoms with Gasteiger partial charge in [-0.3, -0.25) is 14.2 Å². The lowest BCUT2D eigenvalue weighted by Crippen LogP contribution is -2.26. The molecule has 1 amide bonds. The van der Waals surface area contributed by atoms with Gasteiger partial charge in [0, 0.05) is 18.4 Å². The highest BCUT2D eigenvalue weighted by molar-refractivity contribution is 6.47. The number of halogens is 6. The Morgan fingerprint density at radius 2 is 1.70 bits per heavy atom. The smallest absolute Gasteiger partial charge is 0.352 e. The minimum atomic E-state index is -4.83. The molecule has 3 rings (SSSR count). The first-order chi connectivity index (χ1) is 14.1. The van der Waals surface area contributed by atoms with Crippen molar-refractivity contribution in [1.29, 1.82) is 0 Å². The van der Waals surface area contributed by atoms with Crippen LogP contribution in [0.4, 0.5) is 13.2 Å². The van der Waals surface area contributed by atoms with Crippen molar-refractivity contribution < 1.29 is 18.0 Å². The van der Waals surface area contributed by atoms with Crippen LogP contribution in [0, 0.1) is 0 Å². The number of aromatic nitrogens is 3. The van der Waals surface area contributed by atoms with Gasteiger partial charge < -0.3 is 5.32 Å². The van der Waals surface area contributed by atoms with E-state index in [1.165, 1.54) is 30.5 Å². The van der Waals surface area contributed by atoms with Crippen molar-refractivity contribution in [2.24, 2.45) is 0 Å². The number of nitrogens with one attached hydrogen (secondary N) is 1. The van der Waals surface area contributed by atoms with Gasteiger partial charge in [-0.2, -0.15) is 18.3 Å². The summed E-state index contributed by atoms with van der Waals surface area (Å²) in [5.41, 5.74) is -2.14. The van der Waals surface area contributed by atoms with Crippen LogP contribution in [-0.4, -0.2) is 26.8 Å². The van der Waals surface area contributed by atoms with Crippen LogP contribution in [0.5, 0.6) is 0 Å². The van der Waals surface area contributed by atoms with Crippen molar-refractivity contribution >= 4 is 40.7 Å². The van der Waals surface area contributed by atoms with E-state index in [1.807, 2.05) is 0 Å². The number of rotatable bonds is 4. The summed E-state index contributed by atoms with van der Waals surface area (Å²) in [6.07, 6.45) is -2.73. The van der Waals surface area contributed by atoms with E-state index in [0.717, 1.165) is 10.8 Å². The summed E-state index contributed by atoms with van der Waals surface area (Å²) in [6.45, 7) is 1.75. The second-order valence-corrected chi connectivity index (χ2v) is 7.14. The van der Waals surface area contributed by atoms with E-state index in [1.54, 1.807) is 6.92 Å². The lowest BCUT2D eigenvalue weighted by atomic mass is 10.2. The number of benzene rings is 1. The maximum Gasteiger partial charge on any atom is 0.434 e. The molecule has 0 fully saturated rings. The molecule has 6 nitrogen and oxygen atoms in total. The van der Waals surface area contributed by atoms with Crippen molar-refractivity contribution in [2.45, 2.75) is 13.1 Å². The normalized spacial score (nSPS) is 11.6. The molecule has 30 heavy (non-hydrogen) atoms. The first kappa shape index (κ1) is 22.2. The largest absolute Gasteiger partial charge is 0.434 e. The summed E-state index contributed by atoms with van der Waals surface area (Å²) in [5.74, 6) is -0.885. The molecule has 12 heteroatoms. The van der Waals surface area contributed by atoms with Crippen LogP contribution in [-0.2, 0) is 6.18 Å². The van der Waals surface area contributed by atoms with Gasteiger partial charge in [0.1, 0.15) is 5.02 Å². The van der Waals surface area contributed by atoms with E-state index in [9.17, 15) is 22.8 Å². The highest BCUT2D eigenvalue weighted by Crippen LogP contribution is 2.34. The molecular weight excluding hydrogens is 468 g/mol. The molecule has 0 atom stereocenters. The fourth-order valence-electron chi connectivity index (χ4n) is 2.72. The molecule has 0 aliphatic heterocycles. The lowest BCUT2D eigenvalue weighted by molar-refractivity contribution is -0.143. The number of amides is 1. The Hall–Kier alpha value is -2.49. The first-order valence-electron chi connectivity index (χ1n) is 8.36. The second-order valence-electron chi connectivity index (χ2n) is 5.97. The Labute approximate surface area is 182 Å². The van der Waals surface area contributed by atoms with E-state index in [2.05, 4.69) is 10.4 Å². The van der Waals surface area contributed by atoms with Crippen LogP contribution in [0.15, 0.2) is 41.5 Å². The molecule has 0 bridgehead atoms. The second kappa shape index (κ2) is 8.33. The van der Waals surface area contributed by atoms with Gasteiger partial charge in [-0.15, -0.1) is 0 Å². The number of hydrogen-bond donors (Lipinski definition) is 1. The summed E-state index contributed by atoms with van der Waals surface area (Å²) in [6, 6.07) is 5.37. The van der Waals surface area contributed by atoms with E-state index in [4.69, 9.17) is 34.8 Å². The molecule has 1 aromatic carbocycles. The Bertz CT molecular complexity index is 1170. The third kappa shape index (κ3) is 4.05. The number of pyridine rings is 1. The Kier molecular flexibility index (Phi) is 6.16. The number of alkyl halides is 3. The molecule has 2 aromatic heterocycles. The number of carbonyl (C=O) groups is 1. The highest BCUT2D eigenvalue weighted by Gasteiger charge is 2.40. The highest BCUT2D eigenvalue weighted by atomic mass is 35.5. The summed E-state index contributed by atoms with van der Waals surface area (Å²) in [7, 11) is 0. The summed E-state index contributed by atoms with van der Waals surface area (Å²) >= 11 is 17.6. The van der Waals surface area contributed by atoms with Gasteiger partial charge in [0.05, 0.1) is 27.5 Å². The SMILES string of the molecule is CCNC(=O)c1cnn(-c2ccc(-n3cc(Cl)c(Cl)c(Cl)c3=O)cc2)c1C(F)(F)F. The fourth-order valence-corrected chi connectivity index (χ4v) is 3.28. The molecule has 0 unspecified atom stereocenters. The van der Waals surface area contributed by atoms with Crippen LogP contribution in [0.2, 0.25) is 15.1 Å². The molecule has 0 spiro atoms. The lowest BCUT2D eigenvalue weighted by Gasteiger charge is -2.14. The average molecular weight is 480 g/mol. The molecule has 3 aromatic rings. The standard InChI is InChI=1S/C18H12Cl3F3N4O2/c1-2-25-16(29)11-7-26-28(15(11)18(22,23)24)10-5-3-9(4-6-10)27-8-12(19)13(20)14(21)17(27)30/h3-8H,2H2,1H3,(H,25,29). The zero-order chi connectivity index (χ0) is 22.2. The van der Waals surface area contributed by atoms with Crippen LogP contribution in [0.1, 0.15) is 23.0 Å². The summed E-state index contributed by atoms with van der Waals surface area (Å²) < 4.78 is 42.6. The van der Waals surface area contributed by atoms with Crippen molar-refractivity contribution in [3.8, 4) is 11.4 Å². The zero-order valence-electron chi connectivity index (χ0n) is 15.1. The molecule has 158 valence electrons. The van der Waals surface area contributed by atoms with E-state index in [-0.39, 0.29) is 33.0 Å². The van der Waals surface area contributed by atoms with Gasteiger partial charge in [-0.1, -0.05) is 34.8 Å². The van der Waals surface area contributed by atoms with Crippen LogP contribution < -0.4 is 10.9 Å². The number of carbonyl (C=O) groups excluding carboxylic acids is 1. The molecule has 0 saturated carbocycles. The van der Waals surface area contributed by atoms with Gasteiger partial charge in [0.15, 0.2) is 5.69 Å². The van der Waals surface area contributed by atoms with E-state index in [0.29, 0.717) is 4.68 Å². The summed E-state index contributed by atoms with van der Waals surface area (Å²) in [4.78, 5) is 24.3. The Morgan fingerprint density at radius 1 is 1.10 bits per heavy atom. The molecule has 0 saturated heterocycles. The van der Waals surface area contributed by atoms with Crippen LogP contribution >= 0.6 is 34.8 Å². The van der Waals surface area contributed by atoms with Crippen molar-refractivity contribution in [1.82, 2.24) is 19.7 Å². The van der Waals surface area contributed by atoms with Gasteiger partial charge in [0.25, 0.3) is 11.5 Å². The third-order valence-electron chi connectivity index (χ3n) is 4.04. The van der Waals surface area contributed by atoms with Crippen LogP contribution in [0.3, 0.4) is 0 Å². The van der Waals surface area contributed by atoms with Crippen molar-refractivity contribution in [2.75, 3.05) is 6.54 Å². The van der Waals surface area contributed by atoms with Gasteiger partial charge in [0.2, 0.25) is 0 Å². The number of nitrogens with zero attached hydrogens (tertiary/aromatic N) is 3. The quantitative estimate of drug-likeness (QED) is 0.587. The van der Waals surface area contributed by atoms with Crippen molar-refractivity contribution in [3.05, 3.63) is 73.3 Å². The first-order valence-corrected chi connectivity index (χ1v) is 9.50. The minimum absolute atomic E-state index is 0.0285. The monoisotopic (exact) mass is 478 g/mol. The predicted molar refractivity (Wildman–Crippen MR) is 107 cm³/mol. The molecule has 1 N–H and O–H groups in total. The zero-order valence-corrected chi connectivity index (χ0v) is 17.4. The minimum Gasteiger partial charge on any atom is -0.352 e. The summed E-state index contributed by atoms with van der Waals surface area (Å²) in [5, 5.41) is 5.70. The number of hydrogen-bond acceptors (Lipinski definition) is 3. The third-order valence-corrected chi connectivity index (χ3v) is 5.27. The molecule has 0 aliphatic carbocycles. The Balaban J connectivity index is 2.08. The maximum atomic E-state index is 13.6. The van der Waals surface area contributed by atoms with Crippen molar-refractivity contribution in [3.63, 3.8) is 0 Å². The van der Waals surface area contributed by atoms with Gasteiger partial charge in [-0.05, 0) is 31.2 Å². The van der Waals surface area contributed by atoms with Gasteiger partial charge >= 0.3 is 6.18 Å². The Morgan fingerprint density at radius 3 is 2.27 bits per heavy atom. The molecule has 0 radical (unpaired) electrons. The van der Waals surface area contributed by atoms with Gasteiger partial charge in [-0.25, -0.2) is 4.68 Å². The van der Waals surface area contributed by atoms with Crippen LogP contribution in [0.25, 0.3) is 11.4 Å². The molecule has 2 heterocycles. The topological polar surface area (TPSA) is 68.9 Å². The molecular formula is C18H12Cl3F3N4O2.